The Kier molecular flexibility index (Phi) is 6.60. The molecule has 1 N–H and O–H groups in total. The van der Waals surface area contributed by atoms with Crippen molar-refractivity contribution in [3.8, 4) is 17.0 Å². The number of anilines is 1. The number of benzene rings is 3. The maximum atomic E-state index is 13.6. The van der Waals surface area contributed by atoms with Gasteiger partial charge in [0.1, 0.15) is 5.75 Å². The molecule has 0 unspecified atom stereocenters. The van der Waals surface area contributed by atoms with Gasteiger partial charge in [-0.3, -0.25) is 4.79 Å². The number of fused-ring (bicyclic) bond motifs is 1. The van der Waals surface area contributed by atoms with E-state index in [-0.39, 0.29) is 10.6 Å². The number of hydrogen-bond donors (Lipinski definition) is 1. The summed E-state index contributed by atoms with van der Waals surface area (Å²) in [5, 5.41) is 3.54. The Morgan fingerprint density at radius 3 is 2.40 bits per heavy atom. The first-order valence-electron chi connectivity index (χ1n) is 11.0. The van der Waals surface area contributed by atoms with E-state index in [1.165, 1.54) is 39.4 Å². The van der Waals surface area contributed by atoms with Crippen LogP contribution in [0.5, 0.6) is 5.75 Å². The molecule has 8 heteroatoms. The molecule has 0 spiro atoms. The maximum absolute atomic E-state index is 13.6. The van der Waals surface area contributed by atoms with Crippen LogP contribution < -0.4 is 10.1 Å². The molecule has 35 heavy (non-hydrogen) atoms. The highest BCUT2D eigenvalue weighted by molar-refractivity contribution is 7.89. The molecule has 0 saturated carbocycles. The van der Waals surface area contributed by atoms with E-state index in [2.05, 4.69) is 11.4 Å². The number of sulfonamides is 1. The second-order valence-corrected chi connectivity index (χ2v) is 10.6. The van der Waals surface area contributed by atoms with Crippen LogP contribution in [0.1, 0.15) is 21.5 Å². The number of carbonyl (C=O) groups is 1. The molecule has 4 rings (SSSR count). The van der Waals surface area contributed by atoms with E-state index in [0.717, 1.165) is 21.0 Å². The molecule has 0 aliphatic carbocycles. The lowest BCUT2D eigenvalue weighted by Gasteiger charge is -2.16. The number of carbonyl (C=O) groups excluding carboxylic acids is 1. The third-order valence-electron chi connectivity index (χ3n) is 5.82. The Hall–Kier alpha value is -3.75. The predicted octanol–water partition coefficient (Wildman–Crippen LogP) is 5.03. The van der Waals surface area contributed by atoms with Gasteiger partial charge in [-0.05, 0) is 49.7 Å². The minimum Gasteiger partial charge on any atom is -0.495 e. The Morgan fingerprint density at radius 1 is 0.971 bits per heavy atom. The van der Waals surface area contributed by atoms with Crippen molar-refractivity contribution in [2.24, 2.45) is 0 Å². The van der Waals surface area contributed by atoms with Crippen molar-refractivity contribution in [1.82, 2.24) is 9.29 Å². The normalized spacial score (nSPS) is 11.6. The van der Waals surface area contributed by atoms with Gasteiger partial charge in [0, 0.05) is 25.0 Å². The number of nitrogens with one attached hydrogen (secondary N) is 1. The molecule has 4 aromatic rings. The van der Waals surface area contributed by atoms with E-state index < -0.39 is 15.9 Å². The molecule has 0 saturated heterocycles. The summed E-state index contributed by atoms with van der Waals surface area (Å²) in [6.45, 7) is 4.04. The molecule has 1 heterocycles. The highest BCUT2D eigenvalue weighted by Gasteiger charge is 2.21. The molecule has 0 fully saturated rings. The van der Waals surface area contributed by atoms with Crippen LogP contribution in [0, 0.1) is 13.8 Å². The van der Waals surface area contributed by atoms with Crippen molar-refractivity contribution in [1.29, 1.82) is 0 Å². The largest absolute Gasteiger partial charge is 0.495 e. The fourth-order valence-electron chi connectivity index (χ4n) is 3.95. The van der Waals surface area contributed by atoms with Crippen molar-refractivity contribution < 1.29 is 17.9 Å². The Balaban J connectivity index is 1.82. The van der Waals surface area contributed by atoms with Crippen molar-refractivity contribution >= 4 is 32.5 Å². The third-order valence-corrected chi connectivity index (χ3v) is 7.63. The van der Waals surface area contributed by atoms with Gasteiger partial charge in [-0.25, -0.2) is 17.7 Å². The Morgan fingerprint density at radius 2 is 1.71 bits per heavy atom. The second kappa shape index (κ2) is 9.48. The van der Waals surface area contributed by atoms with Gasteiger partial charge in [0.25, 0.3) is 5.91 Å². The summed E-state index contributed by atoms with van der Waals surface area (Å²) in [6.07, 6.45) is 0. The average molecular weight is 490 g/mol. The number of methoxy groups -OCH3 is 1. The van der Waals surface area contributed by atoms with Crippen LogP contribution in [0.3, 0.4) is 0 Å². The fourth-order valence-corrected chi connectivity index (χ4v) is 4.88. The van der Waals surface area contributed by atoms with Crippen LogP contribution in [-0.4, -0.2) is 44.8 Å². The number of hydrogen-bond acceptors (Lipinski definition) is 5. The van der Waals surface area contributed by atoms with Crippen LogP contribution in [0.25, 0.3) is 22.2 Å². The Bertz CT molecular complexity index is 1550. The number of rotatable bonds is 6. The molecule has 0 aliphatic rings. The lowest BCUT2D eigenvalue weighted by Crippen LogP contribution is -2.22. The molecule has 0 atom stereocenters. The lowest BCUT2D eigenvalue weighted by atomic mass is 9.99. The lowest BCUT2D eigenvalue weighted by molar-refractivity contribution is 0.102. The van der Waals surface area contributed by atoms with Crippen LogP contribution >= 0.6 is 0 Å². The van der Waals surface area contributed by atoms with Crippen LogP contribution in [-0.2, 0) is 10.0 Å². The molecule has 1 amide bonds. The minimum atomic E-state index is -3.69. The number of para-hydroxylation sites is 1. The van der Waals surface area contributed by atoms with Crippen LogP contribution in [0.15, 0.2) is 71.6 Å². The first kappa shape index (κ1) is 24.4. The first-order chi connectivity index (χ1) is 16.6. The van der Waals surface area contributed by atoms with Gasteiger partial charge in [0.2, 0.25) is 10.0 Å². The van der Waals surface area contributed by atoms with E-state index in [9.17, 15) is 13.2 Å². The van der Waals surface area contributed by atoms with E-state index in [1.807, 2.05) is 50.2 Å². The Labute approximate surface area is 205 Å². The van der Waals surface area contributed by atoms with E-state index in [0.29, 0.717) is 27.9 Å². The third kappa shape index (κ3) is 4.76. The van der Waals surface area contributed by atoms with Gasteiger partial charge >= 0.3 is 0 Å². The second-order valence-electron chi connectivity index (χ2n) is 8.49. The number of amides is 1. The average Bonchev–Trinajstić information content (AvgIpc) is 2.83. The fraction of sp³-hybridized carbons (Fsp3) is 0.185. The van der Waals surface area contributed by atoms with Gasteiger partial charge in [0.05, 0.1) is 34.5 Å². The van der Waals surface area contributed by atoms with Gasteiger partial charge in [0.15, 0.2) is 0 Å². The minimum absolute atomic E-state index is 0.0501. The smallest absolute Gasteiger partial charge is 0.256 e. The standard InChI is InChI=1S/C27H27N3O4S/c1-17-10-12-20(18(2)14-17)24-16-22(21-8-6-7-9-23(21)28-24)27(31)29-25-15-19(11-13-26(25)34-5)35(32,33)30(3)4/h6-16H,1-5H3,(H,29,31). The topological polar surface area (TPSA) is 88.6 Å². The van der Waals surface area contributed by atoms with E-state index in [1.54, 1.807) is 6.07 Å². The van der Waals surface area contributed by atoms with Crippen LogP contribution in [0.4, 0.5) is 5.69 Å². The molecule has 3 aromatic carbocycles. The predicted molar refractivity (Wildman–Crippen MR) is 138 cm³/mol. The first-order valence-corrected chi connectivity index (χ1v) is 12.4. The summed E-state index contributed by atoms with van der Waals surface area (Å²) in [5.74, 6) is -0.0451. The van der Waals surface area contributed by atoms with E-state index in [4.69, 9.17) is 9.72 Å². The molecule has 0 radical (unpaired) electrons. The highest BCUT2D eigenvalue weighted by Crippen LogP contribution is 2.31. The summed E-state index contributed by atoms with van der Waals surface area (Å²) >= 11 is 0. The molecule has 0 aliphatic heterocycles. The molecule has 1 aromatic heterocycles. The molecule has 180 valence electrons. The summed E-state index contributed by atoms with van der Waals surface area (Å²) in [6, 6.07) is 19.7. The molecule has 0 bridgehead atoms. The van der Waals surface area contributed by atoms with Crippen molar-refractivity contribution in [3.63, 3.8) is 0 Å². The number of aromatic nitrogens is 1. The van der Waals surface area contributed by atoms with E-state index >= 15 is 0 Å². The van der Waals surface area contributed by atoms with Crippen LogP contribution in [0.2, 0.25) is 0 Å². The number of ether oxygens (including phenoxy) is 1. The van der Waals surface area contributed by atoms with Crippen molar-refractivity contribution in [2.75, 3.05) is 26.5 Å². The highest BCUT2D eigenvalue weighted by atomic mass is 32.2. The quantitative estimate of drug-likeness (QED) is 0.410. The number of pyridine rings is 1. The molecular formula is C27H27N3O4S. The van der Waals surface area contributed by atoms with Gasteiger partial charge < -0.3 is 10.1 Å². The zero-order chi connectivity index (χ0) is 25.3. The van der Waals surface area contributed by atoms with Gasteiger partial charge in [-0.2, -0.15) is 0 Å². The molecular weight excluding hydrogens is 462 g/mol. The summed E-state index contributed by atoms with van der Waals surface area (Å²) < 4.78 is 31.8. The van der Waals surface area contributed by atoms with Crippen molar-refractivity contribution in [2.45, 2.75) is 18.7 Å². The summed E-state index contributed by atoms with van der Waals surface area (Å²) in [4.78, 5) is 18.4. The SMILES string of the molecule is COc1ccc(S(=O)(=O)N(C)C)cc1NC(=O)c1cc(-c2ccc(C)cc2C)nc2ccccc12. The summed E-state index contributed by atoms with van der Waals surface area (Å²) in [7, 11) is 0.677. The summed E-state index contributed by atoms with van der Waals surface area (Å²) in [5.41, 5.74) is 5.19. The van der Waals surface area contributed by atoms with Gasteiger partial charge in [-0.1, -0.05) is 42.0 Å². The van der Waals surface area contributed by atoms with Gasteiger partial charge in [-0.15, -0.1) is 0 Å². The zero-order valence-corrected chi connectivity index (χ0v) is 21.1. The molecule has 7 nitrogen and oxygen atoms in total. The number of nitrogens with zero attached hydrogens (tertiary/aromatic N) is 2. The maximum Gasteiger partial charge on any atom is 0.256 e. The number of aryl methyl sites for hydroxylation is 2. The monoisotopic (exact) mass is 489 g/mol. The van der Waals surface area contributed by atoms with Crippen molar-refractivity contribution in [3.05, 3.63) is 83.4 Å². The zero-order valence-electron chi connectivity index (χ0n) is 20.3.